The van der Waals surface area contributed by atoms with Gasteiger partial charge in [0, 0.05) is 19.0 Å². The van der Waals surface area contributed by atoms with Crippen molar-refractivity contribution in [3.63, 3.8) is 0 Å². The number of benzene rings is 1. The van der Waals surface area contributed by atoms with Crippen molar-refractivity contribution >= 4 is 23.0 Å². The van der Waals surface area contributed by atoms with Crippen LogP contribution in [0.25, 0.3) is 11.0 Å². The lowest BCUT2D eigenvalue weighted by molar-refractivity contribution is -0.143. The van der Waals surface area contributed by atoms with Gasteiger partial charge in [-0.05, 0) is 37.3 Å². The highest BCUT2D eigenvalue weighted by Crippen LogP contribution is 2.27. The topological polar surface area (TPSA) is 87.3 Å². The summed E-state index contributed by atoms with van der Waals surface area (Å²) in [4.78, 5) is 34.4. The third-order valence-corrected chi connectivity index (χ3v) is 5.07. The minimum atomic E-state index is -0.601. The average Bonchev–Trinajstić information content (AvgIpc) is 3.10. The van der Waals surface area contributed by atoms with Gasteiger partial charge in [0.1, 0.15) is 11.9 Å². The van der Waals surface area contributed by atoms with Crippen LogP contribution in [0.2, 0.25) is 0 Å². The summed E-state index contributed by atoms with van der Waals surface area (Å²) >= 11 is 0. The predicted octanol–water partition coefficient (Wildman–Crippen LogP) is 3.04. The monoisotopic (exact) mass is 372 g/mol. The third-order valence-electron chi connectivity index (χ3n) is 5.07. The number of nitrogens with one attached hydrogen (secondary N) is 2. The number of aromatic amines is 1. The quantitative estimate of drug-likeness (QED) is 0.790. The van der Waals surface area contributed by atoms with Crippen LogP contribution in [0.1, 0.15) is 44.9 Å². The number of imidazole rings is 1. The number of amides is 2. The number of para-hydroxylation sites is 2. The first-order valence-corrected chi connectivity index (χ1v) is 9.55. The number of hydrogen-bond acceptors (Lipinski definition) is 4. The van der Waals surface area contributed by atoms with E-state index in [0.29, 0.717) is 25.4 Å². The summed E-state index contributed by atoms with van der Waals surface area (Å²) < 4.78 is 4.82. The number of nitrogens with zero attached hydrogens (tertiary/aromatic N) is 2. The zero-order chi connectivity index (χ0) is 19.4. The average molecular weight is 372 g/mol. The Balaban J connectivity index is 1.57. The highest BCUT2D eigenvalue weighted by atomic mass is 16.5. The number of urea groups is 1. The molecule has 1 fully saturated rings. The van der Waals surface area contributed by atoms with Gasteiger partial charge in [-0.15, -0.1) is 0 Å². The summed E-state index contributed by atoms with van der Waals surface area (Å²) in [5.74, 6) is 1.19. The van der Waals surface area contributed by atoms with Crippen molar-refractivity contribution in [2.24, 2.45) is 5.92 Å². The number of fused-ring (bicyclic) bond motifs is 1. The normalized spacial score (nSPS) is 16.5. The van der Waals surface area contributed by atoms with Gasteiger partial charge in [-0.2, -0.15) is 0 Å². The fourth-order valence-corrected chi connectivity index (χ4v) is 3.59. The van der Waals surface area contributed by atoms with Crippen LogP contribution in [-0.2, 0) is 9.53 Å². The molecule has 0 unspecified atom stereocenters. The highest BCUT2D eigenvalue weighted by molar-refractivity contribution is 5.83. The lowest BCUT2D eigenvalue weighted by Crippen LogP contribution is -2.50. The van der Waals surface area contributed by atoms with E-state index in [2.05, 4.69) is 15.3 Å². The maximum Gasteiger partial charge on any atom is 0.328 e. The maximum atomic E-state index is 12.6. The van der Waals surface area contributed by atoms with E-state index in [1.165, 1.54) is 7.11 Å². The summed E-state index contributed by atoms with van der Waals surface area (Å²) in [5.41, 5.74) is 2.02. The number of methoxy groups -OCH3 is 1. The zero-order valence-corrected chi connectivity index (χ0v) is 16.2. The molecule has 2 heterocycles. The number of esters is 1. The van der Waals surface area contributed by atoms with Crippen LogP contribution in [0.5, 0.6) is 0 Å². The predicted molar refractivity (Wildman–Crippen MR) is 103 cm³/mol. The molecule has 0 aliphatic carbocycles. The molecule has 1 aliphatic rings. The lowest BCUT2D eigenvalue weighted by atomic mass is 9.96. The molecular weight excluding hydrogens is 344 g/mol. The standard InChI is InChI=1S/C20H28N4O3/c1-13(2)12-17(19(25)27-3)23-20(26)24-10-8-14(9-11-24)18-21-15-6-4-5-7-16(15)22-18/h4-7,13-14,17H,8-12H2,1-3H3,(H,21,22)(H,23,26)/t17-/m1/s1. The van der Waals surface area contributed by atoms with Crippen molar-refractivity contribution in [3.05, 3.63) is 30.1 Å². The SMILES string of the molecule is COC(=O)[C@@H](CC(C)C)NC(=O)N1CCC(c2nc3ccccc3[nH]2)CC1. The molecule has 2 aromatic rings. The van der Waals surface area contributed by atoms with E-state index in [0.717, 1.165) is 29.7 Å². The molecule has 3 rings (SSSR count). The van der Waals surface area contributed by atoms with Crippen LogP contribution < -0.4 is 5.32 Å². The minimum Gasteiger partial charge on any atom is -0.467 e. The summed E-state index contributed by atoms with van der Waals surface area (Å²) in [6.07, 6.45) is 2.26. The van der Waals surface area contributed by atoms with Crippen molar-refractivity contribution in [2.45, 2.75) is 45.1 Å². The Labute approximate surface area is 159 Å². The minimum absolute atomic E-state index is 0.200. The number of piperidine rings is 1. The zero-order valence-electron chi connectivity index (χ0n) is 16.2. The molecule has 1 saturated heterocycles. The Kier molecular flexibility index (Phi) is 5.98. The highest BCUT2D eigenvalue weighted by Gasteiger charge is 2.29. The van der Waals surface area contributed by atoms with Gasteiger partial charge in [0.15, 0.2) is 0 Å². The van der Waals surface area contributed by atoms with Crippen molar-refractivity contribution in [2.75, 3.05) is 20.2 Å². The number of carbonyl (C=O) groups excluding carboxylic acids is 2. The molecule has 2 amide bonds. The number of carbonyl (C=O) groups is 2. The Hall–Kier alpha value is -2.57. The first-order valence-electron chi connectivity index (χ1n) is 9.55. The van der Waals surface area contributed by atoms with Gasteiger partial charge < -0.3 is 19.9 Å². The third kappa shape index (κ3) is 4.59. The van der Waals surface area contributed by atoms with Crippen LogP contribution in [0.15, 0.2) is 24.3 Å². The molecule has 0 saturated carbocycles. The number of H-pyrrole nitrogens is 1. The van der Waals surface area contributed by atoms with Crippen molar-refractivity contribution < 1.29 is 14.3 Å². The van der Waals surface area contributed by atoms with Gasteiger partial charge in [-0.3, -0.25) is 0 Å². The largest absolute Gasteiger partial charge is 0.467 e. The van der Waals surface area contributed by atoms with Gasteiger partial charge in [-0.1, -0.05) is 26.0 Å². The molecule has 1 aromatic heterocycles. The van der Waals surface area contributed by atoms with Crippen LogP contribution in [-0.4, -0.2) is 53.1 Å². The van der Waals surface area contributed by atoms with E-state index < -0.39 is 12.0 Å². The Morgan fingerprint density at radius 2 is 2.00 bits per heavy atom. The summed E-state index contributed by atoms with van der Waals surface area (Å²) in [7, 11) is 1.35. The molecule has 0 spiro atoms. The number of hydrogen-bond donors (Lipinski definition) is 2. The molecule has 0 radical (unpaired) electrons. The van der Waals surface area contributed by atoms with Crippen LogP contribution in [0.4, 0.5) is 4.79 Å². The smallest absolute Gasteiger partial charge is 0.328 e. The number of aromatic nitrogens is 2. The van der Waals surface area contributed by atoms with E-state index in [9.17, 15) is 9.59 Å². The summed E-state index contributed by atoms with van der Waals surface area (Å²) in [5, 5.41) is 2.83. The second-order valence-electron chi connectivity index (χ2n) is 7.56. The van der Waals surface area contributed by atoms with E-state index in [1.807, 2.05) is 38.1 Å². The van der Waals surface area contributed by atoms with E-state index in [1.54, 1.807) is 4.90 Å². The number of rotatable bonds is 5. The molecular formula is C20H28N4O3. The number of ether oxygens (including phenoxy) is 1. The molecule has 7 heteroatoms. The van der Waals surface area contributed by atoms with E-state index >= 15 is 0 Å². The van der Waals surface area contributed by atoms with E-state index in [-0.39, 0.29) is 11.9 Å². The number of likely N-dealkylation sites (tertiary alicyclic amines) is 1. The summed E-state index contributed by atoms with van der Waals surface area (Å²) in [6.45, 7) is 5.31. The Morgan fingerprint density at radius 1 is 1.30 bits per heavy atom. The molecule has 1 aliphatic heterocycles. The first-order chi connectivity index (χ1) is 13.0. The van der Waals surface area contributed by atoms with Crippen LogP contribution in [0.3, 0.4) is 0 Å². The van der Waals surface area contributed by atoms with Crippen LogP contribution >= 0.6 is 0 Å². The molecule has 1 atom stereocenters. The van der Waals surface area contributed by atoms with Gasteiger partial charge in [0.25, 0.3) is 0 Å². The first kappa shape index (κ1) is 19.2. The van der Waals surface area contributed by atoms with Gasteiger partial charge >= 0.3 is 12.0 Å². The summed E-state index contributed by atoms with van der Waals surface area (Å²) in [6, 6.07) is 7.20. The fraction of sp³-hybridized carbons (Fsp3) is 0.550. The van der Waals surface area contributed by atoms with Crippen molar-refractivity contribution in [1.29, 1.82) is 0 Å². The molecule has 7 nitrogen and oxygen atoms in total. The molecule has 146 valence electrons. The van der Waals surface area contributed by atoms with Gasteiger partial charge in [-0.25, -0.2) is 14.6 Å². The second kappa shape index (κ2) is 8.41. The second-order valence-corrected chi connectivity index (χ2v) is 7.56. The lowest BCUT2D eigenvalue weighted by Gasteiger charge is -2.32. The molecule has 1 aromatic carbocycles. The fourth-order valence-electron chi connectivity index (χ4n) is 3.59. The Bertz CT molecular complexity index is 760. The molecule has 2 N–H and O–H groups in total. The van der Waals surface area contributed by atoms with Crippen molar-refractivity contribution in [1.82, 2.24) is 20.2 Å². The van der Waals surface area contributed by atoms with Gasteiger partial charge in [0.2, 0.25) is 0 Å². The van der Waals surface area contributed by atoms with Gasteiger partial charge in [0.05, 0.1) is 18.1 Å². The Morgan fingerprint density at radius 3 is 2.63 bits per heavy atom. The van der Waals surface area contributed by atoms with Crippen LogP contribution in [0, 0.1) is 5.92 Å². The van der Waals surface area contributed by atoms with E-state index in [4.69, 9.17) is 4.74 Å². The molecule has 27 heavy (non-hydrogen) atoms. The maximum absolute atomic E-state index is 12.6. The molecule has 0 bridgehead atoms. The van der Waals surface area contributed by atoms with Crippen molar-refractivity contribution in [3.8, 4) is 0 Å².